The van der Waals surface area contributed by atoms with Crippen LogP contribution < -0.4 is 5.32 Å². The zero-order valence-corrected chi connectivity index (χ0v) is 11.0. The number of carbonyl (C=O) groups is 1. The molecule has 1 amide bonds. The maximum atomic E-state index is 12.0. The van der Waals surface area contributed by atoms with E-state index in [0.29, 0.717) is 24.4 Å². The van der Waals surface area contributed by atoms with Crippen LogP contribution in [0.1, 0.15) is 18.9 Å². The van der Waals surface area contributed by atoms with Crippen LogP contribution in [0, 0.1) is 0 Å². The summed E-state index contributed by atoms with van der Waals surface area (Å²) < 4.78 is 1.15. The molecule has 3 heterocycles. The molecule has 2 aliphatic rings. The van der Waals surface area contributed by atoms with Crippen molar-refractivity contribution in [1.82, 2.24) is 9.88 Å². The van der Waals surface area contributed by atoms with Crippen molar-refractivity contribution < 1.29 is 15.0 Å². The molecule has 21 heavy (non-hydrogen) atoms. The number of amides is 1. The largest absolute Gasteiger partial charge is 0.494 e. The lowest BCUT2D eigenvalue weighted by atomic mass is 10.0. The minimum absolute atomic E-state index is 0.130. The van der Waals surface area contributed by atoms with Crippen molar-refractivity contribution in [3.05, 3.63) is 30.6 Å². The third-order valence-electron chi connectivity index (χ3n) is 3.29. The van der Waals surface area contributed by atoms with Gasteiger partial charge in [0.15, 0.2) is 11.7 Å². The van der Waals surface area contributed by atoms with Crippen LogP contribution in [0.25, 0.3) is 0 Å². The van der Waals surface area contributed by atoms with Crippen molar-refractivity contribution in [2.75, 3.05) is 0 Å². The van der Waals surface area contributed by atoms with E-state index in [2.05, 4.69) is 27.1 Å². The molecule has 0 aliphatic carbocycles. The first-order chi connectivity index (χ1) is 10.1. The Balaban J connectivity index is 1.96. The molecule has 8 nitrogen and oxygen atoms in total. The van der Waals surface area contributed by atoms with Crippen LogP contribution >= 0.6 is 0 Å². The van der Waals surface area contributed by atoms with Crippen molar-refractivity contribution in [2.45, 2.75) is 18.9 Å². The van der Waals surface area contributed by atoms with Gasteiger partial charge in [0.2, 0.25) is 11.8 Å². The standard InChI is InChI=1S/C13H13N5O3/c1-7-2-3-9(12(20)15-7)18-11(19)6-8(13(18)21)16-10-4-5-14-17-10/h4-6,9,19,21H,1-3H2,(H,15,20). The molecule has 0 aromatic carbocycles. The predicted molar refractivity (Wildman–Crippen MR) is 74.4 cm³/mol. The van der Waals surface area contributed by atoms with Crippen LogP contribution in [-0.4, -0.2) is 26.5 Å². The first-order valence-corrected chi connectivity index (χ1v) is 6.34. The van der Waals surface area contributed by atoms with Gasteiger partial charge in [0.05, 0.1) is 6.20 Å². The minimum atomic E-state index is -0.704. The summed E-state index contributed by atoms with van der Waals surface area (Å²) in [5.41, 5.74) is 0.754. The Kier molecular flexibility index (Phi) is 3.05. The van der Waals surface area contributed by atoms with E-state index >= 15 is 0 Å². The van der Waals surface area contributed by atoms with Crippen LogP contribution in [0.3, 0.4) is 0 Å². The molecule has 3 N–H and O–H groups in total. The lowest BCUT2D eigenvalue weighted by Gasteiger charge is -2.25. The van der Waals surface area contributed by atoms with E-state index in [-0.39, 0.29) is 23.4 Å². The molecule has 0 saturated carbocycles. The van der Waals surface area contributed by atoms with Gasteiger partial charge >= 0.3 is 0 Å². The number of carbonyl (C=O) groups excluding carboxylic acids is 1. The summed E-state index contributed by atoms with van der Waals surface area (Å²) in [4.78, 5) is 16.0. The summed E-state index contributed by atoms with van der Waals surface area (Å²) >= 11 is 0. The highest BCUT2D eigenvalue weighted by molar-refractivity contribution is 5.96. The van der Waals surface area contributed by atoms with Gasteiger partial charge in [-0.1, -0.05) is 6.58 Å². The molecular weight excluding hydrogens is 274 g/mol. The third kappa shape index (κ3) is 2.31. The van der Waals surface area contributed by atoms with E-state index in [4.69, 9.17) is 0 Å². The van der Waals surface area contributed by atoms with Gasteiger partial charge in [-0.05, 0) is 12.8 Å². The van der Waals surface area contributed by atoms with Crippen LogP contribution in [0.15, 0.2) is 45.8 Å². The fourth-order valence-electron chi connectivity index (χ4n) is 2.30. The van der Waals surface area contributed by atoms with E-state index in [0.717, 1.165) is 4.57 Å². The van der Waals surface area contributed by atoms with Gasteiger partial charge in [-0.15, -0.1) is 5.11 Å². The molecule has 0 spiro atoms. The smallest absolute Gasteiger partial charge is 0.247 e. The number of rotatable bonds is 2. The second-order valence-corrected chi connectivity index (χ2v) is 4.73. The molecule has 1 unspecified atom stereocenters. The summed E-state index contributed by atoms with van der Waals surface area (Å²) in [6.07, 6.45) is 4.04. The van der Waals surface area contributed by atoms with Crippen LogP contribution in [0.5, 0.6) is 11.8 Å². The highest BCUT2D eigenvalue weighted by Gasteiger charge is 2.30. The van der Waals surface area contributed by atoms with E-state index in [1.54, 1.807) is 6.08 Å². The Morgan fingerprint density at radius 2 is 2.29 bits per heavy atom. The molecule has 1 saturated heterocycles. The maximum Gasteiger partial charge on any atom is 0.247 e. The molecule has 108 valence electrons. The summed E-state index contributed by atoms with van der Waals surface area (Å²) in [7, 11) is 0. The number of hydrogen-bond acceptors (Lipinski definition) is 5. The van der Waals surface area contributed by atoms with Crippen LogP contribution in [0.4, 0.5) is 5.69 Å². The molecule has 2 aliphatic heterocycles. The second kappa shape index (κ2) is 4.89. The summed E-state index contributed by atoms with van der Waals surface area (Å²) in [5, 5.41) is 30.1. The number of allylic oxidation sites excluding steroid dienone is 1. The van der Waals surface area contributed by atoms with Crippen molar-refractivity contribution in [1.29, 1.82) is 0 Å². The average molecular weight is 287 g/mol. The van der Waals surface area contributed by atoms with Gasteiger partial charge in [0.25, 0.3) is 0 Å². The fraction of sp³-hybridized carbons (Fsp3) is 0.231. The number of azo groups is 1. The van der Waals surface area contributed by atoms with E-state index < -0.39 is 6.04 Å². The highest BCUT2D eigenvalue weighted by Crippen LogP contribution is 2.40. The van der Waals surface area contributed by atoms with Gasteiger partial charge in [0, 0.05) is 17.8 Å². The lowest BCUT2D eigenvalue weighted by Crippen LogP contribution is -2.35. The molecule has 0 radical (unpaired) electrons. The van der Waals surface area contributed by atoms with Crippen LogP contribution in [0.2, 0.25) is 0 Å². The summed E-state index contributed by atoms with van der Waals surface area (Å²) in [5.74, 6) is -0.544. The maximum absolute atomic E-state index is 12.0. The van der Waals surface area contributed by atoms with Gasteiger partial charge in [-0.2, -0.15) is 5.11 Å². The molecule has 3 rings (SSSR count). The number of aromatic hydroxyl groups is 2. The zero-order valence-electron chi connectivity index (χ0n) is 11.0. The van der Waals surface area contributed by atoms with Gasteiger partial charge in [-0.25, -0.2) is 4.99 Å². The van der Waals surface area contributed by atoms with Gasteiger partial charge < -0.3 is 15.5 Å². The molecule has 1 aromatic rings. The third-order valence-corrected chi connectivity index (χ3v) is 3.29. The van der Waals surface area contributed by atoms with E-state index in [1.165, 1.54) is 12.3 Å². The average Bonchev–Trinajstić information content (AvgIpc) is 3.02. The van der Waals surface area contributed by atoms with Crippen molar-refractivity contribution in [3.63, 3.8) is 0 Å². The monoisotopic (exact) mass is 287 g/mol. The number of aliphatic imine (C=N–C) groups is 1. The highest BCUT2D eigenvalue weighted by atomic mass is 16.3. The Bertz CT molecular complexity index is 700. The van der Waals surface area contributed by atoms with Crippen molar-refractivity contribution in [3.8, 4) is 11.8 Å². The Hall–Kier alpha value is -2.90. The number of nitrogens with one attached hydrogen (secondary N) is 1. The Morgan fingerprint density at radius 1 is 1.48 bits per heavy atom. The van der Waals surface area contributed by atoms with E-state index in [1.807, 2.05) is 0 Å². The lowest BCUT2D eigenvalue weighted by molar-refractivity contribution is -0.125. The Labute approximate surface area is 119 Å². The zero-order chi connectivity index (χ0) is 15.0. The molecule has 1 atom stereocenters. The van der Waals surface area contributed by atoms with Gasteiger partial charge in [-0.3, -0.25) is 9.36 Å². The number of nitrogens with zero attached hydrogens (tertiary/aromatic N) is 4. The first-order valence-electron chi connectivity index (χ1n) is 6.34. The summed E-state index contributed by atoms with van der Waals surface area (Å²) in [6.45, 7) is 3.69. The summed E-state index contributed by atoms with van der Waals surface area (Å²) in [6, 6.07) is 0.575. The number of amidine groups is 1. The first kappa shape index (κ1) is 13.1. The topological polar surface area (TPSA) is 112 Å². The molecule has 1 aromatic heterocycles. The number of aromatic nitrogens is 1. The fourth-order valence-corrected chi connectivity index (χ4v) is 2.30. The van der Waals surface area contributed by atoms with Crippen LogP contribution in [-0.2, 0) is 4.79 Å². The van der Waals surface area contributed by atoms with Crippen molar-refractivity contribution in [2.24, 2.45) is 15.2 Å². The molecule has 8 heteroatoms. The number of hydrogen-bond donors (Lipinski definition) is 3. The molecular formula is C13H13N5O3. The molecule has 1 fully saturated rings. The van der Waals surface area contributed by atoms with Crippen molar-refractivity contribution >= 4 is 17.4 Å². The Morgan fingerprint density at radius 3 is 2.95 bits per heavy atom. The second-order valence-electron chi connectivity index (χ2n) is 4.73. The number of piperidine rings is 1. The SMILES string of the molecule is C=C1CCC(n2c(O)cc(N=C3C=CN=N3)c2O)C(=O)N1. The normalized spacial score (nSPS) is 23.0. The van der Waals surface area contributed by atoms with E-state index in [9.17, 15) is 15.0 Å². The molecule has 0 bridgehead atoms. The predicted octanol–water partition coefficient (Wildman–Crippen LogP) is 1.87. The quantitative estimate of drug-likeness (QED) is 0.771. The minimum Gasteiger partial charge on any atom is -0.494 e. The van der Waals surface area contributed by atoms with Gasteiger partial charge in [0.1, 0.15) is 11.7 Å².